The van der Waals surface area contributed by atoms with Gasteiger partial charge in [-0.05, 0) is 43.4 Å². The predicted octanol–water partition coefficient (Wildman–Crippen LogP) is 9.07. The quantitative estimate of drug-likeness (QED) is 0.358. The van der Waals surface area contributed by atoms with Crippen LogP contribution >= 0.6 is 0 Å². The van der Waals surface area contributed by atoms with Crippen molar-refractivity contribution in [2.45, 2.75) is 135 Å². The van der Waals surface area contributed by atoms with Gasteiger partial charge in [0.25, 0.3) is 0 Å². The molecule has 1 heteroatoms. The molecule has 2 aliphatic rings. The SMILES string of the molecule is CCCCCCCCCC1=CC=CN(C2CCCCCCCCCCC2)C=C1. The average Bonchev–Trinajstić information content (AvgIpc) is 2.93. The fourth-order valence-corrected chi connectivity index (χ4v) is 4.69. The van der Waals surface area contributed by atoms with Gasteiger partial charge in [0.05, 0.1) is 0 Å². The molecule has 0 radical (unpaired) electrons. The highest BCUT2D eigenvalue weighted by Gasteiger charge is 2.14. The van der Waals surface area contributed by atoms with Crippen molar-refractivity contribution in [2.24, 2.45) is 0 Å². The molecule has 0 aromatic carbocycles. The van der Waals surface area contributed by atoms with Gasteiger partial charge in [-0.25, -0.2) is 0 Å². The fraction of sp³-hybridized carbons (Fsp3) is 0.778. The largest absolute Gasteiger partial charge is 0.351 e. The van der Waals surface area contributed by atoms with Gasteiger partial charge in [-0.1, -0.05) is 109 Å². The van der Waals surface area contributed by atoms with Crippen LogP contribution in [0, 0.1) is 0 Å². The molecule has 0 N–H and O–H groups in total. The van der Waals surface area contributed by atoms with Crippen LogP contribution in [0.2, 0.25) is 0 Å². The molecule has 0 amide bonds. The van der Waals surface area contributed by atoms with Crippen LogP contribution in [0.4, 0.5) is 0 Å². The third-order valence-electron chi connectivity index (χ3n) is 6.59. The number of allylic oxidation sites excluding steroid dienone is 4. The summed E-state index contributed by atoms with van der Waals surface area (Å²) < 4.78 is 0. The van der Waals surface area contributed by atoms with Crippen LogP contribution in [0.3, 0.4) is 0 Å². The van der Waals surface area contributed by atoms with Crippen LogP contribution in [0.1, 0.15) is 129 Å². The highest BCUT2D eigenvalue weighted by molar-refractivity contribution is 5.26. The smallest absolute Gasteiger partial charge is 0.0330 e. The molecule has 1 fully saturated rings. The molecule has 0 aromatic rings. The summed E-state index contributed by atoms with van der Waals surface area (Å²) in [7, 11) is 0. The van der Waals surface area contributed by atoms with Crippen molar-refractivity contribution < 1.29 is 0 Å². The Labute approximate surface area is 176 Å². The van der Waals surface area contributed by atoms with E-state index in [1.54, 1.807) is 0 Å². The molecule has 0 aromatic heterocycles. The summed E-state index contributed by atoms with van der Waals surface area (Å²) in [6, 6.07) is 0.707. The third-order valence-corrected chi connectivity index (χ3v) is 6.59. The number of hydrogen-bond donors (Lipinski definition) is 0. The summed E-state index contributed by atoms with van der Waals surface area (Å²) in [5, 5.41) is 0. The molecule has 28 heavy (non-hydrogen) atoms. The molecular weight excluding hydrogens is 338 g/mol. The second-order valence-electron chi connectivity index (χ2n) is 9.13. The van der Waals surface area contributed by atoms with Crippen molar-refractivity contribution in [2.75, 3.05) is 0 Å². The molecule has 160 valence electrons. The maximum Gasteiger partial charge on any atom is 0.0330 e. The van der Waals surface area contributed by atoms with Crippen LogP contribution in [0.25, 0.3) is 0 Å². The van der Waals surface area contributed by atoms with E-state index in [0.29, 0.717) is 6.04 Å². The van der Waals surface area contributed by atoms with E-state index >= 15 is 0 Å². The molecule has 2 rings (SSSR count). The highest BCUT2D eigenvalue weighted by atomic mass is 15.1. The second-order valence-corrected chi connectivity index (χ2v) is 9.13. The van der Waals surface area contributed by atoms with E-state index in [2.05, 4.69) is 42.5 Å². The minimum absolute atomic E-state index is 0.707. The van der Waals surface area contributed by atoms with Gasteiger partial charge in [0.2, 0.25) is 0 Å². The molecule has 0 bridgehead atoms. The predicted molar refractivity (Wildman–Crippen MR) is 125 cm³/mol. The number of rotatable bonds is 9. The Morgan fingerprint density at radius 3 is 1.93 bits per heavy atom. The van der Waals surface area contributed by atoms with Crippen molar-refractivity contribution in [1.29, 1.82) is 0 Å². The molecule has 0 spiro atoms. The molecule has 0 saturated heterocycles. The molecular formula is C27H47N. The third kappa shape index (κ3) is 10.5. The van der Waals surface area contributed by atoms with Gasteiger partial charge in [0.15, 0.2) is 0 Å². The summed E-state index contributed by atoms with van der Waals surface area (Å²) in [6.45, 7) is 2.30. The van der Waals surface area contributed by atoms with Crippen molar-refractivity contribution >= 4 is 0 Å². The monoisotopic (exact) mass is 385 g/mol. The fourth-order valence-electron chi connectivity index (χ4n) is 4.69. The van der Waals surface area contributed by atoms with Crippen LogP contribution in [0.15, 0.2) is 36.2 Å². The zero-order valence-corrected chi connectivity index (χ0v) is 18.8. The summed E-state index contributed by atoms with van der Waals surface area (Å²) in [5.41, 5.74) is 1.51. The van der Waals surface area contributed by atoms with Crippen molar-refractivity contribution in [3.05, 3.63) is 36.2 Å². The Bertz CT molecular complexity index is 447. The topological polar surface area (TPSA) is 3.24 Å². The van der Waals surface area contributed by atoms with Gasteiger partial charge < -0.3 is 4.90 Å². The standard InChI is InChI=1S/C27H47N/c1-2-3-4-5-9-12-15-19-26-20-18-24-28(25-23-26)27-21-16-13-10-7-6-8-11-14-17-22-27/h18,20,23-25,27H,2-17,19,21-22H2,1H3. The van der Waals surface area contributed by atoms with E-state index < -0.39 is 0 Å². The Kier molecular flexibility index (Phi) is 13.2. The molecule has 0 unspecified atom stereocenters. The first kappa shape index (κ1) is 23.3. The van der Waals surface area contributed by atoms with Gasteiger partial charge in [0, 0.05) is 18.4 Å². The molecule has 1 aliphatic heterocycles. The second kappa shape index (κ2) is 15.9. The Balaban J connectivity index is 1.72. The van der Waals surface area contributed by atoms with Crippen molar-refractivity contribution in [3.63, 3.8) is 0 Å². The summed E-state index contributed by atoms with van der Waals surface area (Å²) >= 11 is 0. The van der Waals surface area contributed by atoms with Gasteiger partial charge in [-0.15, -0.1) is 0 Å². The lowest BCUT2D eigenvalue weighted by Crippen LogP contribution is -2.26. The zero-order chi connectivity index (χ0) is 19.7. The summed E-state index contributed by atoms with van der Waals surface area (Å²) in [6.07, 6.45) is 38.5. The molecule has 0 atom stereocenters. The molecule has 1 aliphatic carbocycles. The van der Waals surface area contributed by atoms with E-state index in [4.69, 9.17) is 0 Å². The number of nitrogens with zero attached hydrogens (tertiary/aromatic N) is 1. The Hall–Kier alpha value is -0.980. The first-order valence-corrected chi connectivity index (χ1v) is 12.7. The highest BCUT2D eigenvalue weighted by Crippen LogP contribution is 2.23. The van der Waals surface area contributed by atoms with E-state index in [9.17, 15) is 0 Å². The van der Waals surface area contributed by atoms with E-state index in [0.717, 1.165) is 0 Å². The van der Waals surface area contributed by atoms with Crippen LogP contribution in [0.5, 0.6) is 0 Å². The van der Waals surface area contributed by atoms with E-state index in [1.807, 2.05) is 0 Å². The summed E-state index contributed by atoms with van der Waals surface area (Å²) in [5.74, 6) is 0. The maximum atomic E-state index is 2.53. The Morgan fingerprint density at radius 2 is 1.29 bits per heavy atom. The number of hydrogen-bond acceptors (Lipinski definition) is 1. The Morgan fingerprint density at radius 1 is 0.714 bits per heavy atom. The van der Waals surface area contributed by atoms with Crippen LogP contribution in [-0.4, -0.2) is 10.9 Å². The zero-order valence-electron chi connectivity index (χ0n) is 18.8. The lowest BCUT2D eigenvalue weighted by molar-refractivity contribution is 0.303. The van der Waals surface area contributed by atoms with Gasteiger partial charge in [-0.2, -0.15) is 0 Å². The molecule has 1 heterocycles. The average molecular weight is 386 g/mol. The summed E-state index contributed by atoms with van der Waals surface area (Å²) in [4.78, 5) is 2.53. The lowest BCUT2D eigenvalue weighted by Gasteiger charge is -2.28. The van der Waals surface area contributed by atoms with Gasteiger partial charge in [0.1, 0.15) is 0 Å². The molecule has 1 saturated carbocycles. The van der Waals surface area contributed by atoms with Crippen molar-refractivity contribution in [3.8, 4) is 0 Å². The van der Waals surface area contributed by atoms with Gasteiger partial charge in [-0.3, -0.25) is 0 Å². The molecule has 1 nitrogen and oxygen atoms in total. The van der Waals surface area contributed by atoms with Crippen LogP contribution in [-0.2, 0) is 0 Å². The minimum Gasteiger partial charge on any atom is -0.351 e. The minimum atomic E-state index is 0.707. The first-order valence-electron chi connectivity index (χ1n) is 12.7. The first-order chi connectivity index (χ1) is 13.9. The van der Waals surface area contributed by atoms with E-state index in [-0.39, 0.29) is 0 Å². The van der Waals surface area contributed by atoms with E-state index in [1.165, 1.54) is 128 Å². The van der Waals surface area contributed by atoms with Gasteiger partial charge >= 0.3 is 0 Å². The van der Waals surface area contributed by atoms with Crippen LogP contribution < -0.4 is 0 Å². The normalized spacial score (nSPS) is 20.3. The lowest BCUT2D eigenvalue weighted by atomic mass is 9.97. The number of unbranched alkanes of at least 4 members (excludes halogenated alkanes) is 6. The maximum absolute atomic E-state index is 2.53. The van der Waals surface area contributed by atoms with Crippen molar-refractivity contribution in [1.82, 2.24) is 4.90 Å².